The molecule has 0 aliphatic heterocycles. The summed E-state index contributed by atoms with van der Waals surface area (Å²) < 4.78 is 27.1. The number of halogens is 2. The highest BCUT2D eigenvalue weighted by Crippen LogP contribution is 2.32. The summed E-state index contributed by atoms with van der Waals surface area (Å²) in [7, 11) is 0. The van der Waals surface area contributed by atoms with Crippen molar-refractivity contribution >= 4 is 0 Å². The molecule has 1 nitrogen and oxygen atoms in total. The number of nitrogens with one attached hydrogen (secondary N) is 1. The summed E-state index contributed by atoms with van der Waals surface area (Å²) in [4.78, 5) is 0. The van der Waals surface area contributed by atoms with Crippen LogP contribution in [0.25, 0.3) is 0 Å². The Kier molecular flexibility index (Phi) is 5.53. The lowest BCUT2D eigenvalue weighted by Gasteiger charge is -2.33. The van der Waals surface area contributed by atoms with Crippen molar-refractivity contribution in [2.24, 2.45) is 11.8 Å². The fourth-order valence-electron chi connectivity index (χ4n) is 3.30. The number of hydrogen-bond donors (Lipinski definition) is 1. The second kappa shape index (κ2) is 7.16. The van der Waals surface area contributed by atoms with Crippen LogP contribution in [0.5, 0.6) is 0 Å². The van der Waals surface area contributed by atoms with E-state index in [1.165, 1.54) is 31.7 Å². The van der Waals surface area contributed by atoms with Crippen LogP contribution in [0, 0.1) is 23.5 Å². The third-order valence-electron chi connectivity index (χ3n) is 4.57. The van der Waals surface area contributed by atoms with E-state index >= 15 is 0 Å². The van der Waals surface area contributed by atoms with Gasteiger partial charge in [-0.3, -0.25) is 0 Å². The summed E-state index contributed by atoms with van der Waals surface area (Å²) >= 11 is 0. The predicted molar refractivity (Wildman–Crippen MR) is 78.6 cm³/mol. The van der Waals surface area contributed by atoms with E-state index < -0.39 is 11.6 Å². The number of hydrogen-bond acceptors (Lipinski definition) is 1. The molecule has 0 spiro atoms. The van der Waals surface area contributed by atoms with Gasteiger partial charge in [0.15, 0.2) is 11.6 Å². The van der Waals surface area contributed by atoms with E-state index in [0.29, 0.717) is 17.9 Å². The third kappa shape index (κ3) is 3.78. The molecule has 1 aliphatic rings. The zero-order valence-corrected chi connectivity index (χ0v) is 12.5. The molecule has 1 aliphatic carbocycles. The van der Waals surface area contributed by atoms with E-state index in [9.17, 15) is 8.78 Å². The monoisotopic (exact) mass is 281 g/mol. The van der Waals surface area contributed by atoms with E-state index in [2.05, 4.69) is 19.2 Å². The zero-order chi connectivity index (χ0) is 14.5. The van der Waals surface area contributed by atoms with Gasteiger partial charge in [0, 0.05) is 6.04 Å². The van der Waals surface area contributed by atoms with Gasteiger partial charge in [-0.1, -0.05) is 38.8 Å². The standard InChI is InChI=1S/C17H25F2N/c1-3-20-16(13-9-7-12(2)8-10-13)11-14-5-4-6-15(18)17(14)19/h4-6,12-13,16,20H,3,7-11H2,1-2H3. The van der Waals surface area contributed by atoms with Crippen LogP contribution in [0.3, 0.4) is 0 Å². The van der Waals surface area contributed by atoms with Gasteiger partial charge in [0.05, 0.1) is 0 Å². The van der Waals surface area contributed by atoms with Crippen molar-refractivity contribution in [1.29, 1.82) is 0 Å². The average Bonchev–Trinajstić information content (AvgIpc) is 2.44. The lowest BCUT2D eigenvalue weighted by atomic mass is 9.77. The summed E-state index contributed by atoms with van der Waals surface area (Å²) in [5.74, 6) is -0.0390. The van der Waals surface area contributed by atoms with Crippen molar-refractivity contribution < 1.29 is 8.78 Å². The van der Waals surface area contributed by atoms with Crippen LogP contribution >= 0.6 is 0 Å². The first-order chi connectivity index (χ1) is 9.61. The summed E-state index contributed by atoms with van der Waals surface area (Å²) in [6, 6.07) is 4.74. The molecule has 0 bridgehead atoms. The van der Waals surface area contributed by atoms with Crippen LogP contribution in [0.4, 0.5) is 8.78 Å². The second-order valence-electron chi connectivity index (χ2n) is 6.10. The molecule has 0 aromatic heterocycles. The SMILES string of the molecule is CCNC(Cc1cccc(F)c1F)C1CCC(C)CC1. The quantitative estimate of drug-likeness (QED) is 0.848. The summed E-state index contributed by atoms with van der Waals surface area (Å²) in [5.41, 5.74) is 0.495. The molecule has 0 saturated heterocycles. The Hall–Kier alpha value is -0.960. The molecule has 3 heteroatoms. The van der Waals surface area contributed by atoms with Gasteiger partial charge < -0.3 is 5.32 Å². The van der Waals surface area contributed by atoms with Crippen LogP contribution in [-0.2, 0) is 6.42 Å². The van der Waals surface area contributed by atoms with Gasteiger partial charge in [0.25, 0.3) is 0 Å². The average molecular weight is 281 g/mol. The molecule has 1 aromatic rings. The van der Waals surface area contributed by atoms with Gasteiger partial charge >= 0.3 is 0 Å². The molecule has 20 heavy (non-hydrogen) atoms. The van der Waals surface area contributed by atoms with Crippen molar-refractivity contribution in [3.63, 3.8) is 0 Å². The molecule has 112 valence electrons. The van der Waals surface area contributed by atoms with E-state index in [4.69, 9.17) is 0 Å². The molecular weight excluding hydrogens is 256 g/mol. The maximum Gasteiger partial charge on any atom is 0.162 e. The van der Waals surface area contributed by atoms with Gasteiger partial charge in [-0.15, -0.1) is 0 Å². The van der Waals surface area contributed by atoms with Gasteiger partial charge in [-0.2, -0.15) is 0 Å². The Labute approximate surface area is 120 Å². The fourth-order valence-corrected chi connectivity index (χ4v) is 3.30. The first-order valence-electron chi connectivity index (χ1n) is 7.78. The highest BCUT2D eigenvalue weighted by molar-refractivity contribution is 5.20. The molecule has 1 fully saturated rings. The molecule has 0 amide bonds. The van der Waals surface area contributed by atoms with E-state index in [1.54, 1.807) is 12.1 Å². The van der Waals surface area contributed by atoms with Gasteiger partial charge in [-0.25, -0.2) is 8.78 Å². The molecular formula is C17H25F2N. The largest absolute Gasteiger partial charge is 0.314 e. The van der Waals surface area contributed by atoms with E-state index in [0.717, 1.165) is 12.5 Å². The van der Waals surface area contributed by atoms with Crippen LogP contribution in [0.15, 0.2) is 18.2 Å². The molecule has 1 atom stereocenters. The van der Waals surface area contributed by atoms with E-state index in [1.807, 2.05) is 0 Å². The van der Waals surface area contributed by atoms with Crippen LogP contribution in [0.2, 0.25) is 0 Å². The molecule has 1 unspecified atom stereocenters. The lowest BCUT2D eigenvalue weighted by molar-refractivity contribution is 0.229. The Morgan fingerprint density at radius 3 is 2.55 bits per heavy atom. The summed E-state index contributed by atoms with van der Waals surface area (Å²) in [5, 5.41) is 3.47. The van der Waals surface area contributed by atoms with Crippen molar-refractivity contribution in [2.45, 2.75) is 52.0 Å². The Bertz CT molecular complexity index is 425. The highest BCUT2D eigenvalue weighted by atomic mass is 19.2. The Morgan fingerprint density at radius 2 is 1.90 bits per heavy atom. The topological polar surface area (TPSA) is 12.0 Å². The van der Waals surface area contributed by atoms with Crippen LogP contribution < -0.4 is 5.32 Å². The third-order valence-corrected chi connectivity index (χ3v) is 4.57. The zero-order valence-electron chi connectivity index (χ0n) is 12.5. The minimum absolute atomic E-state index is 0.254. The first kappa shape index (κ1) is 15.4. The van der Waals surface area contributed by atoms with Crippen molar-refractivity contribution in [2.75, 3.05) is 6.54 Å². The number of likely N-dealkylation sites (N-methyl/N-ethyl adjacent to an activating group) is 1. The van der Waals surface area contributed by atoms with Crippen molar-refractivity contribution in [1.82, 2.24) is 5.32 Å². The molecule has 0 heterocycles. The van der Waals surface area contributed by atoms with E-state index in [-0.39, 0.29) is 6.04 Å². The predicted octanol–water partition coefficient (Wildman–Crippen LogP) is 4.31. The number of rotatable bonds is 5. The fraction of sp³-hybridized carbons (Fsp3) is 0.647. The normalized spacial score (nSPS) is 24.6. The molecule has 2 rings (SSSR count). The summed E-state index contributed by atoms with van der Waals surface area (Å²) in [6.45, 7) is 5.23. The van der Waals surface area contributed by atoms with Gasteiger partial charge in [-0.05, 0) is 49.3 Å². The molecule has 1 aromatic carbocycles. The smallest absolute Gasteiger partial charge is 0.162 e. The maximum absolute atomic E-state index is 13.8. The molecule has 1 N–H and O–H groups in total. The van der Waals surface area contributed by atoms with Gasteiger partial charge in [0.2, 0.25) is 0 Å². The highest BCUT2D eigenvalue weighted by Gasteiger charge is 2.26. The Morgan fingerprint density at radius 1 is 1.20 bits per heavy atom. The maximum atomic E-state index is 13.8. The van der Waals surface area contributed by atoms with Crippen molar-refractivity contribution in [3.8, 4) is 0 Å². The van der Waals surface area contributed by atoms with Crippen LogP contribution in [-0.4, -0.2) is 12.6 Å². The molecule has 0 radical (unpaired) electrons. The lowest BCUT2D eigenvalue weighted by Crippen LogP contribution is -2.39. The summed E-state index contributed by atoms with van der Waals surface area (Å²) in [6.07, 6.45) is 5.46. The molecule has 1 saturated carbocycles. The second-order valence-corrected chi connectivity index (χ2v) is 6.10. The first-order valence-corrected chi connectivity index (χ1v) is 7.78. The van der Waals surface area contributed by atoms with Crippen molar-refractivity contribution in [3.05, 3.63) is 35.4 Å². The number of benzene rings is 1. The van der Waals surface area contributed by atoms with Gasteiger partial charge in [0.1, 0.15) is 0 Å². The minimum Gasteiger partial charge on any atom is -0.314 e. The Balaban J connectivity index is 2.07. The van der Waals surface area contributed by atoms with Crippen LogP contribution in [0.1, 0.15) is 45.1 Å². The minimum atomic E-state index is -0.741.